The third kappa shape index (κ3) is 5.91. The lowest BCUT2D eigenvalue weighted by molar-refractivity contribution is 0.597. The average molecular weight is 377 g/mol. The van der Waals surface area contributed by atoms with Crippen LogP contribution in [0.4, 0.5) is 22.9 Å². The molecule has 7 heteroatoms. The first-order valence-corrected chi connectivity index (χ1v) is 10.7. The zero-order chi connectivity index (χ0) is 19.0. The fourth-order valence-corrected chi connectivity index (χ4v) is 3.79. The van der Waals surface area contributed by atoms with Crippen molar-refractivity contribution in [1.29, 1.82) is 0 Å². The van der Waals surface area contributed by atoms with Crippen molar-refractivity contribution in [1.82, 2.24) is 4.98 Å². The lowest BCUT2D eigenvalue weighted by Gasteiger charge is -2.21. The first-order chi connectivity index (χ1) is 12.5. The van der Waals surface area contributed by atoms with Gasteiger partial charge in [0.05, 0.1) is 17.6 Å². The molecule has 0 unspecified atom stereocenters. The molecule has 0 saturated heterocycles. The van der Waals surface area contributed by atoms with Gasteiger partial charge >= 0.3 is 0 Å². The van der Waals surface area contributed by atoms with Gasteiger partial charge in [0, 0.05) is 24.5 Å². The van der Waals surface area contributed by atoms with Gasteiger partial charge in [-0.05, 0) is 56.7 Å². The second-order valence-electron chi connectivity index (χ2n) is 6.05. The van der Waals surface area contributed by atoms with Crippen LogP contribution in [0.1, 0.15) is 33.6 Å². The van der Waals surface area contributed by atoms with Gasteiger partial charge in [0.2, 0.25) is 10.0 Å². The Balaban J connectivity index is 1.98. The van der Waals surface area contributed by atoms with E-state index in [4.69, 9.17) is 0 Å². The Labute approximate surface area is 156 Å². The summed E-state index contributed by atoms with van der Waals surface area (Å²) in [7, 11) is -3.32. The number of anilines is 4. The van der Waals surface area contributed by atoms with E-state index in [1.807, 2.05) is 25.1 Å². The normalized spacial score (nSPS) is 11.2. The van der Waals surface area contributed by atoms with Crippen molar-refractivity contribution >= 4 is 32.9 Å². The monoisotopic (exact) mass is 376 g/mol. The molecular weight excluding hydrogens is 348 g/mol. The third-order valence-electron chi connectivity index (χ3n) is 4.07. The van der Waals surface area contributed by atoms with Crippen LogP contribution in [0.15, 0.2) is 42.6 Å². The topological polar surface area (TPSA) is 74.3 Å². The zero-order valence-corrected chi connectivity index (χ0v) is 16.5. The summed E-state index contributed by atoms with van der Waals surface area (Å²) in [6, 6.07) is 11.7. The first-order valence-electron chi connectivity index (χ1n) is 9.06. The summed E-state index contributed by atoms with van der Waals surface area (Å²) in [5.74, 6) is 0.452. The minimum atomic E-state index is -3.32. The second-order valence-corrected chi connectivity index (χ2v) is 7.89. The first kappa shape index (κ1) is 20.0. The van der Waals surface area contributed by atoms with Crippen LogP contribution in [0.25, 0.3) is 0 Å². The highest BCUT2D eigenvalue weighted by Gasteiger charge is 2.10. The van der Waals surface area contributed by atoms with Crippen LogP contribution in [0.2, 0.25) is 0 Å². The number of benzene rings is 1. The Morgan fingerprint density at radius 1 is 0.962 bits per heavy atom. The van der Waals surface area contributed by atoms with Crippen LogP contribution in [0.5, 0.6) is 0 Å². The van der Waals surface area contributed by atoms with Crippen molar-refractivity contribution < 1.29 is 8.42 Å². The Kier molecular flexibility index (Phi) is 7.26. The highest BCUT2D eigenvalue weighted by Crippen LogP contribution is 2.21. The van der Waals surface area contributed by atoms with E-state index in [1.165, 1.54) is 5.69 Å². The van der Waals surface area contributed by atoms with E-state index in [0.29, 0.717) is 12.2 Å². The van der Waals surface area contributed by atoms with Crippen LogP contribution in [0, 0.1) is 0 Å². The van der Waals surface area contributed by atoms with Gasteiger partial charge in [0.25, 0.3) is 0 Å². The fraction of sp³-hybridized carbons (Fsp3) is 0.421. The number of hydrogen-bond donors (Lipinski definition) is 2. The molecule has 0 bridgehead atoms. The molecule has 1 aromatic heterocycles. The maximum absolute atomic E-state index is 11.9. The van der Waals surface area contributed by atoms with Gasteiger partial charge in [-0.1, -0.05) is 13.3 Å². The highest BCUT2D eigenvalue weighted by atomic mass is 32.2. The number of pyridine rings is 1. The van der Waals surface area contributed by atoms with Crippen molar-refractivity contribution in [3.05, 3.63) is 42.6 Å². The zero-order valence-electron chi connectivity index (χ0n) is 15.7. The van der Waals surface area contributed by atoms with Gasteiger partial charge in [-0.25, -0.2) is 13.4 Å². The van der Waals surface area contributed by atoms with Gasteiger partial charge in [0.15, 0.2) is 0 Å². The molecule has 0 aliphatic heterocycles. The number of nitrogens with one attached hydrogen (secondary N) is 2. The number of sulfonamides is 1. The predicted molar refractivity (Wildman–Crippen MR) is 110 cm³/mol. The molecule has 2 N–H and O–H groups in total. The number of hydrogen-bond acceptors (Lipinski definition) is 5. The molecule has 142 valence electrons. The predicted octanol–water partition coefficient (Wildman–Crippen LogP) is 4.21. The SMILES string of the molecule is CCCCS(=O)(=O)Nc1ccc(Nc2ccc(N(CC)CC)cc2)cn1. The molecule has 1 heterocycles. The summed E-state index contributed by atoms with van der Waals surface area (Å²) in [5.41, 5.74) is 2.95. The molecule has 6 nitrogen and oxygen atoms in total. The van der Waals surface area contributed by atoms with Crippen LogP contribution >= 0.6 is 0 Å². The third-order valence-corrected chi connectivity index (χ3v) is 5.42. The van der Waals surface area contributed by atoms with E-state index in [9.17, 15) is 8.42 Å². The lowest BCUT2D eigenvalue weighted by atomic mass is 10.2. The van der Waals surface area contributed by atoms with Gasteiger partial charge in [0.1, 0.15) is 5.82 Å². The standard InChI is InChI=1S/C19H28N4O2S/c1-4-7-14-26(24,25)22-19-13-10-17(15-20-19)21-16-8-11-18(12-9-16)23(5-2)6-3/h8-13,15,21H,4-7,14H2,1-3H3,(H,20,22). The van der Waals surface area contributed by atoms with E-state index in [1.54, 1.807) is 12.3 Å². The maximum atomic E-state index is 11.9. The molecule has 0 fully saturated rings. The number of rotatable bonds is 10. The Morgan fingerprint density at radius 2 is 1.62 bits per heavy atom. The largest absolute Gasteiger partial charge is 0.372 e. The molecule has 0 atom stereocenters. The minimum absolute atomic E-state index is 0.115. The van der Waals surface area contributed by atoms with Crippen molar-refractivity contribution in [3.8, 4) is 0 Å². The van der Waals surface area contributed by atoms with Gasteiger partial charge in [-0.2, -0.15) is 0 Å². The molecule has 0 aliphatic carbocycles. The molecule has 0 saturated carbocycles. The molecule has 26 heavy (non-hydrogen) atoms. The Morgan fingerprint density at radius 3 is 2.15 bits per heavy atom. The van der Waals surface area contributed by atoms with E-state index >= 15 is 0 Å². The summed E-state index contributed by atoms with van der Waals surface area (Å²) < 4.78 is 26.3. The Hall–Kier alpha value is -2.28. The molecule has 1 aromatic carbocycles. The number of nitrogens with zero attached hydrogens (tertiary/aromatic N) is 2. The summed E-state index contributed by atoms with van der Waals surface area (Å²) in [6.45, 7) is 8.19. The van der Waals surface area contributed by atoms with Crippen molar-refractivity contribution in [2.45, 2.75) is 33.6 Å². The van der Waals surface area contributed by atoms with E-state index in [-0.39, 0.29) is 5.75 Å². The summed E-state index contributed by atoms with van der Waals surface area (Å²) in [6.07, 6.45) is 3.10. The molecule has 0 amide bonds. The van der Waals surface area contributed by atoms with Crippen LogP contribution in [0.3, 0.4) is 0 Å². The van der Waals surface area contributed by atoms with Crippen LogP contribution < -0.4 is 14.9 Å². The van der Waals surface area contributed by atoms with Crippen molar-refractivity contribution in [3.63, 3.8) is 0 Å². The van der Waals surface area contributed by atoms with Gasteiger partial charge in [-0.3, -0.25) is 4.72 Å². The van der Waals surface area contributed by atoms with Crippen molar-refractivity contribution in [2.24, 2.45) is 0 Å². The summed E-state index contributed by atoms with van der Waals surface area (Å²) in [5, 5.41) is 3.27. The van der Waals surface area contributed by atoms with E-state index in [2.05, 4.69) is 45.9 Å². The quantitative estimate of drug-likeness (QED) is 0.650. The van der Waals surface area contributed by atoms with E-state index in [0.717, 1.165) is 30.9 Å². The molecule has 2 aromatic rings. The number of unbranched alkanes of at least 4 members (excludes halogenated alkanes) is 1. The van der Waals surface area contributed by atoms with Crippen molar-refractivity contribution in [2.75, 3.05) is 33.8 Å². The Bertz CT molecular complexity index is 770. The second kappa shape index (κ2) is 9.43. The fourth-order valence-electron chi connectivity index (χ4n) is 2.58. The van der Waals surface area contributed by atoms with Crippen LogP contribution in [-0.4, -0.2) is 32.2 Å². The van der Waals surface area contributed by atoms with E-state index < -0.39 is 10.0 Å². The lowest BCUT2D eigenvalue weighted by Crippen LogP contribution is -2.21. The summed E-state index contributed by atoms with van der Waals surface area (Å²) >= 11 is 0. The number of aromatic nitrogens is 1. The molecular formula is C19H28N4O2S. The molecule has 0 radical (unpaired) electrons. The molecule has 0 aliphatic rings. The van der Waals surface area contributed by atoms with Gasteiger partial charge in [-0.15, -0.1) is 0 Å². The van der Waals surface area contributed by atoms with Crippen LogP contribution in [-0.2, 0) is 10.0 Å². The molecule has 0 spiro atoms. The smallest absolute Gasteiger partial charge is 0.233 e. The van der Waals surface area contributed by atoms with Gasteiger partial charge < -0.3 is 10.2 Å². The average Bonchev–Trinajstić information content (AvgIpc) is 2.64. The minimum Gasteiger partial charge on any atom is -0.372 e. The summed E-state index contributed by atoms with van der Waals surface area (Å²) in [4.78, 5) is 6.46. The maximum Gasteiger partial charge on any atom is 0.233 e. The highest BCUT2D eigenvalue weighted by molar-refractivity contribution is 7.92. The molecule has 2 rings (SSSR count).